The van der Waals surface area contributed by atoms with Crippen LogP contribution in [0.25, 0.3) is 0 Å². The number of benzene rings is 1. The maximum absolute atomic E-state index is 13.3. The van der Waals surface area contributed by atoms with Crippen molar-refractivity contribution in [1.82, 2.24) is 5.32 Å². The maximum atomic E-state index is 13.3. The molecular weight excluding hydrogens is 271 g/mol. The Morgan fingerprint density at radius 3 is 2.67 bits per heavy atom. The van der Waals surface area contributed by atoms with Crippen LogP contribution in [0.1, 0.15) is 39.0 Å². The van der Waals surface area contributed by atoms with Crippen molar-refractivity contribution < 1.29 is 14.0 Å². The zero-order chi connectivity index (χ0) is 15.0. The van der Waals surface area contributed by atoms with Crippen molar-refractivity contribution >= 4 is 17.6 Å². The zero-order valence-corrected chi connectivity index (χ0v) is 12.1. The Balaban J connectivity index is 1.86. The van der Waals surface area contributed by atoms with Crippen molar-refractivity contribution in [2.75, 3.05) is 4.90 Å². The van der Waals surface area contributed by atoms with Crippen LogP contribution in [-0.2, 0) is 4.79 Å². The van der Waals surface area contributed by atoms with Crippen LogP contribution in [0, 0.1) is 11.7 Å². The van der Waals surface area contributed by atoms with E-state index in [1.54, 1.807) is 6.07 Å². The predicted octanol–water partition coefficient (Wildman–Crippen LogP) is 3.22. The molecule has 1 saturated heterocycles. The molecule has 112 valence electrons. The molecule has 0 radical (unpaired) electrons. The Morgan fingerprint density at radius 2 is 2.05 bits per heavy atom. The highest BCUT2D eigenvalue weighted by Crippen LogP contribution is 2.38. The number of rotatable bonds is 2. The molecule has 2 fully saturated rings. The van der Waals surface area contributed by atoms with Gasteiger partial charge in [0.15, 0.2) is 0 Å². The van der Waals surface area contributed by atoms with Gasteiger partial charge in [-0.1, -0.05) is 19.4 Å². The largest absolute Gasteiger partial charge is 0.329 e. The standard InChI is InChI=1S/C16H19FN2O2/c1-2-11-6-8-16(9-7-11)14(20)19(15(21)18-16)13-5-3-4-12(17)10-13/h3-5,10-11H,2,6-9H2,1H3,(H,18,21). The number of halogens is 1. The van der Waals surface area contributed by atoms with E-state index in [1.807, 2.05) is 0 Å². The van der Waals surface area contributed by atoms with E-state index >= 15 is 0 Å². The minimum atomic E-state index is -0.783. The van der Waals surface area contributed by atoms with Gasteiger partial charge in [-0.3, -0.25) is 4.79 Å². The first-order valence-electron chi connectivity index (χ1n) is 7.48. The van der Waals surface area contributed by atoms with E-state index < -0.39 is 17.4 Å². The smallest absolute Gasteiger partial charge is 0.323 e. The second kappa shape index (κ2) is 5.13. The number of urea groups is 1. The molecule has 1 aromatic rings. The second-order valence-electron chi connectivity index (χ2n) is 5.98. The van der Waals surface area contributed by atoms with Crippen LogP contribution < -0.4 is 10.2 Å². The molecule has 1 aliphatic heterocycles. The maximum Gasteiger partial charge on any atom is 0.329 e. The molecule has 1 aromatic carbocycles. The molecule has 1 spiro atoms. The first kappa shape index (κ1) is 14.0. The molecular formula is C16H19FN2O2. The number of hydrogen-bond donors (Lipinski definition) is 1. The summed E-state index contributed by atoms with van der Waals surface area (Å²) < 4.78 is 13.3. The molecule has 1 saturated carbocycles. The lowest BCUT2D eigenvalue weighted by atomic mass is 9.75. The second-order valence-corrected chi connectivity index (χ2v) is 5.98. The van der Waals surface area contributed by atoms with Gasteiger partial charge in [-0.2, -0.15) is 0 Å². The summed E-state index contributed by atoms with van der Waals surface area (Å²) in [6.07, 6.45) is 4.33. The number of imide groups is 1. The van der Waals surface area contributed by atoms with Crippen LogP contribution >= 0.6 is 0 Å². The highest BCUT2D eigenvalue weighted by atomic mass is 19.1. The molecule has 0 unspecified atom stereocenters. The average Bonchev–Trinajstić information content (AvgIpc) is 2.71. The monoisotopic (exact) mass is 290 g/mol. The molecule has 1 aliphatic carbocycles. The minimum absolute atomic E-state index is 0.243. The summed E-state index contributed by atoms with van der Waals surface area (Å²) >= 11 is 0. The van der Waals surface area contributed by atoms with E-state index in [2.05, 4.69) is 12.2 Å². The first-order chi connectivity index (χ1) is 10.1. The van der Waals surface area contributed by atoms with E-state index in [0.717, 1.165) is 24.2 Å². The molecule has 4 nitrogen and oxygen atoms in total. The Kier molecular flexibility index (Phi) is 3.43. The van der Waals surface area contributed by atoms with Crippen LogP contribution in [0.5, 0.6) is 0 Å². The molecule has 21 heavy (non-hydrogen) atoms. The summed E-state index contributed by atoms with van der Waals surface area (Å²) in [5.41, 5.74) is -0.485. The van der Waals surface area contributed by atoms with Gasteiger partial charge in [0.25, 0.3) is 5.91 Å². The third kappa shape index (κ3) is 2.30. The van der Waals surface area contributed by atoms with E-state index in [-0.39, 0.29) is 5.91 Å². The fourth-order valence-corrected chi connectivity index (χ4v) is 3.39. The van der Waals surface area contributed by atoms with Gasteiger partial charge in [-0.05, 0) is 49.8 Å². The van der Waals surface area contributed by atoms with Crippen LogP contribution in [-0.4, -0.2) is 17.5 Å². The summed E-state index contributed by atoms with van der Waals surface area (Å²) in [5, 5.41) is 2.85. The summed E-state index contributed by atoms with van der Waals surface area (Å²) in [4.78, 5) is 26.0. The summed E-state index contributed by atoms with van der Waals surface area (Å²) in [7, 11) is 0. The molecule has 0 aromatic heterocycles. The van der Waals surface area contributed by atoms with Gasteiger partial charge in [0.1, 0.15) is 11.4 Å². The Morgan fingerprint density at radius 1 is 1.33 bits per heavy atom. The lowest BCUT2D eigenvalue weighted by Gasteiger charge is -2.34. The van der Waals surface area contributed by atoms with Gasteiger partial charge in [-0.15, -0.1) is 0 Å². The Hall–Kier alpha value is -1.91. The van der Waals surface area contributed by atoms with Crippen LogP contribution in [0.4, 0.5) is 14.9 Å². The Labute approximate surface area is 123 Å². The molecule has 3 amide bonds. The molecule has 3 rings (SSSR count). The van der Waals surface area contributed by atoms with Crippen LogP contribution in [0.2, 0.25) is 0 Å². The van der Waals surface area contributed by atoms with Crippen molar-refractivity contribution in [1.29, 1.82) is 0 Å². The molecule has 1 heterocycles. The van der Waals surface area contributed by atoms with Gasteiger partial charge in [0, 0.05) is 0 Å². The highest BCUT2D eigenvalue weighted by Gasteiger charge is 2.52. The number of amides is 3. The fraction of sp³-hybridized carbons (Fsp3) is 0.500. The summed E-state index contributed by atoms with van der Waals surface area (Å²) in [6, 6.07) is 5.15. The summed E-state index contributed by atoms with van der Waals surface area (Å²) in [6.45, 7) is 2.15. The SMILES string of the molecule is CCC1CCC2(CC1)NC(=O)N(c1cccc(F)c1)C2=O. The van der Waals surface area contributed by atoms with Gasteiger partial charge in [-0.25, -0.2) is 14.1 Å². The Bertz CT molecular complexity index is 579. The third-order valence-corrected chi connectivity index (χ3v) is 4.76. The fourth-order valence-electron chi connectivity index (χ4n) is 3.39. The molecule has 0 bridgehead atoms. The van der Waals surface area contributed by atoms with E-state index in [1.165, 1.54) is 18.2 Å². The van der Waals surface area contributed by atoms with Crippen LogP contribution in [0.3, 0.4) is 0 Å². The number of nitrogens with zero attached hydrogens (tertiary/aromatic N) is 1. The number of carbonyl (C=O) groups is 2. The van der Waals surface area contributed by atoms with E-state index in [4.69, 9.17) is 0 Å². The topological polar surface area (TPSA) is 49.4 Å². The average molecular weight is 290 g/mol. The zero-order valence-electron chi connectivity index (χ0n) is 12.1. The van der Waals surface area contributed by atoms with E-state index in [0.29, 0.717) is 24.4 Å². The number of anilines is 1. The predicted molar refractivity (Wildman–Crippen MR) is 77.4 cm³/mol. The van der Waals surface area contributed by atoms with Gasteiger partial charge >= 0.3 is 6.03 Å². The molecule has 0 atom stereocenters. The lowest BCUT2D eigenvalue weighted by Crippen LogP contribution is -2.49. The molecule has 5 heteroatoms. The van der Waals surface area contributed by atoms with Gasteiger partial charge in [0.2, 0.25) is 0 Å². The van der Waals surface area contributed by atoms with Crippen molar-refractivity contribution in [2.24, 2.45) is 5.92 Å². The number of carbonyl (C=O) groups excluding carboxylic acids is 2. The normalized spacial score (nSPS) is 29.0. The van der Waals surface area contributed by atoms with Crippen molar-refractivity contribution in [3.05, 3.63) is 30.1 Å². The van der Waals surface area contributed by atoms with E-state index in [9.17, 15) is 14.0 Å². The van der Waals surface area contributed by atoms with Crippen LogP contribution in [0.15, 0.2) is 24.3 Å². The van der Waals surface area contributed by atoms with Gasteiger partial charge < -0.3 is 5.32 Å². The van der Waals surface area contributed by atoms with Crippen molar-refractivity contribution in [3.8, 4) is 0 Å². The van der Waals surface area contributed by atoms with Crippen molar-refractivity contribution in [3.63, 3.8) is 0 Å². The minimum Gasteiger partial charge on any atom is -0.323 e. The summed E-state index contributed by atoms with van der Waals surface area (Å²) in [5.74, 6) is -0.0695. The number of nitrogens with one attached hydrogen (secondary N) is 1. The van der Waals surface area contributed by atoms with Gasteiger partial charge in [0.05, 0.1) is 5.69 Å². The van der Waals surface area contributed by atoms with Crippen molar-refractivity contribution in [2.45, 2.75) is 44.6 Å². The molecule has 2 aliphatic rings. The third-order valence-electron chi connectivity index (χ3n) is 4.76. The quantitative estimate of drug-likeness (QED) is 0.850. The molecule has 1 N–H and O–H groups in total. The highest BCUT2D eigenvalue weighted by molar-refractivity contribution is 6.23. The lowest BCUT2D eigenvalue weighted by molar-refractivity contribution is -0.123. The first-order valence-corrected chi connectivity index (χ1v) is 7.48. The number of hydrogen-bond acceptors (Lipinski definition) is 2.